The molecule has 0 atom stereocenters. The van der Waals surface area contributed by atoms with Crippen LogP contribution in [0.4, 0.5) is 0 Å². The van der Waals surface area contributed by atoms with Gasteiger partial charge in [-0.15, -0.1) is 0 Å². The molecule has 0 aliphatic heterocycles. The van der Waals surface area contributed by atoms with E-state index in [1.54, 1.807) is 0 Å². The zero-order valence-electron chi connectivity index (χ0n) is 13.3. The SMILES string of the molecule is Cc1cnn(CCCNC(=O)CCC(=O)NC2CCCC2)c1. The van der Waals surface area contributed by atoms with E-state index in [2.05, 4.69) is 15.7 Å². The van der Waals surface area contributed by atoms with E-state index < -0.39 is 0 Å². The van der Waals surface area contributed by atoms with Gasteiger partial charge in [-0.3, -0.25) is 14.3 Å². The van der Waals surface area contributed by atoms with Crippen molar-refractivity contribution >= 4 is 11.8 Å². The lowest BCUT2D eigenvalue weighted by Crippen LogP contribution is -2.34. The molecule has 2 amide bonds. The van der Waals surface area contributed by atoms with Gasteiger partial charge in [0.25, 0.3) is 0 Å². The summed E-state index contributed by atoms with van der Waals surface area (Å²) in [6.45, 7) is 3.40. The summed E-state index contributed by atoms with van der Waals surface area (Å²) in [6, 6.07) is 0.327. The summed E-state index contributed by atoms with van der Waals surface area (Å²) in [6.07, 6.45) is 9.72. The zero-order valence-corrected chi connectivity index (χ0v) is 13.3. The van der Waals surface area contributed by atoms with Gasteiger partial charge < -0.3 is 10.6 Å². The molecule has 0 unspecified atom stereocenters. The predicted octanol–water partition coefficient (Wildman–Crippen LogP) is 1.54. The average Bonchev–Trinajstić information content (AvgIpc) is 3.13. The van der Waals surface area contributed by atoms with Crippen molar-refractivity contribution in [3.63, 3.8) is 0 Å². The Kier molecular flexibility index (Phi) is 6.43. The third kappa shape index (κ3) is 5.87. The number of carbonyl (C=O) groups is 2. The number of amides is 2. The number of hydrogen-bond donors (Lipinski definition) is 2. The van der Waals surface area contributed by atoms with E-state index in [-0.39, 0.29) is 24.7 Å². The normalized spacial score (nSPS) is 15.0. The molecule has 122 valence electrons. The third-order valence-corrected chi connectivity index (χ3v) is 3.95. The lowest BCUT2D eigenvalue weighted by atomic mass is 10.2. The van der Waals surface area contributed by atoms with Crippen LogP contribution in [0.5, 0.6) is 0 Å². The molecule has 1 saturated carbocycles. The summed E-state index contributed by atoms with van der Waals surface area (Å²) in [5.41, 5.74) is 1.14. The highest BCUT2D eigenvalue weighted by Gasteiger charge is 2.17. The van der Waals surface area contributed by atoms with E-state index >= 15 is 0 Å². The highest BCUT2D eigenvalue weighted by Crippen LogP contribution is 2.17. The van der Waals surface area contributed by atoms with Crippen molar-refractivity contribution in [2.45, 2.75) is 64.5 Å². The van der Waals surface area contributed by atoms with Crippen molar-refractivity contribution in [3.05, 3.63) is 18.0 Å². The van der Waals surface area contributed by atoms with Crippen LogP contribution in [0, 0.1) is 6.92 Å². The maximum atomic E-state index is 11.7. The summed E-state index contributed by atoms with van der Waals surface area (Å²) < 4.78 is 1.87. The molecule has 0 aromatic carbocycles. The van der Waals surface area contributed by atoms with Gasteiger partial charge in [0.05, 0.1) is 6.20 Å². The van der Waals surface area contributed by atoms with Crippen molar-refractivity contribution in [1.82, 2.24) is 20.4 Å². The molecule has 0 radical (unpaired) electrons. The Bertz CT molecular complexity index is 492. The predicted molar refractivity (Wildman–Crippen MR) is 84.2 cm³/mol. The number of aryl methyl sites for hydroxylation is 2. The molecule has 2 N–H and O–H groups in total. The Morgan fingerprint density at radius 3 is 2.68 bits per heavy atom. The van der Waals surface area contributed by atoms with E-state index in [1.165, 1.54) is 12.8 Å². The van der Waals surface area contributed by atoms with Gasteiger partial charge >= 0.3 is 0 Å². The van der Waals surface area contributed by atoms with Crippen LogP contribution < -0.4 is 10.6 Å². The molecule has 2 rings (SSSR count). The fourth-order valence-electron chi connectivity index (χ4n) is 2.74. The van der Waals surface area contributed by atoms with Crippen LogP contribution >= 0.6 is 0 Å². The van der Waals surface area contributed by atoms with Crippen LogP contribution in [-0.4, -0.2) is 34.2 Å². The standard InChI is InChI=1S/C16H26N4O2/c1-13-11-18-20(12-13)10-4-9-17-15(21)7-8-16(22)19-14-5-2-3-6-14/h11-12,14H,2-10H2,1H3,(H,17,21)(H,19,22). The summed E-state index contributed by atoms with van der Waals surface area (Å²) in [5, 5.41) is 10.0. The van der Waals surface area contributed by atoms with E-state index in [1.807, 2.05) is 24.0 Å². The number of carbonyl (C=O) groups excluding carboxylic acids is 2. The first-order valence-corrected chi connectivity index (χ1v) is 8.18. The second-order valence-electron chi connectivity index (χ2n) is 6.03. The maximum Gasteiger partial charge on any atom is 0.220 e. The van der Waals surface area contributed by atoms with Gasteiger partial charge in [0.1, 0.15) is 0 Å². The highest BCUT2D eigenvalue weighted by atomic mass is 16.2. The first-order chi connectivity index (χ1) is 10.6. The molecular weight excluding hydrogens is 280 g/mol. The van der Waals surface area contributed by atoms with Crippen LogP contribution in [0.2, 0.25) is 0 Å². The molecule has 1 aromatic heterocycles. The molecule has 0 spiro atoms. The minimum Gasteiger partial charge on any atom is -0.356 e. The first kappa shape index (κ1) is 16.5. The van der Waals surface area contributed by atoms with E-state index in [9.17, 15) is 9.59 Å². The Hall–Kier alpha value is -1.85. The molecule has 6 nitrogen and oxygen atoms in total. The molecule has 0 saturated heterocycles. The van der Waals surface area contributed by atoms with Crippen molar-refractivity contribution < 1.29 is 9.59 Å². The molecule has 1 aromatic rings. The lowest BCUT2D eigenvalue weighted by molar-refractivity contribution is -0.126. The summed E-state index contributed by atoms with van der Waals surface area (Å²) in [5.74, 6) is -0.0627. The fourth-order valence-corrected chi connectivity index (χ4v) is 2.74. The summed E-state index contributed by atoms with van der Waals surface area (Å²) in [4.78, 5) is 23.4. The molecule has 1 aliphatic rings. The summed E-state index contributed by atoms with van der Waals surface area (Å²) in [7, 11) is 0. The largest absolute Gasteiger partial charge is 0.356 e. The topological polar surface area (TPSA) is 76.0 Å². The molecule has 22 heavy (non-hydrogen) atoms. The lowest BCUT2D eigenvalue weighted by Gasteiger charge is -2.11. The van der Waals surface area contributed by atoms with Crippen LogP contribution in [0.1, 0.15) is 50.5 Å². The Morgan fingerprint density at radius 1 is 1.27 bits per heavy atom. The van der Waals surface area contributed by atoms with Crippen LogP contribution in [0.3, 0.4) is 0 Å². The monoisotopic (exact) mass is 306 g/mol. The van der Waals surface area contributed by atoms with E-state index in [0.717, 1.165) is 31.4 Å². The van der Waals surface area contributed by atoms with Gasteiger partial charge in [-0.25, -0.2) is 0 Å². The smallest absolute Gasteiger partial charge is 0.220 e. The minimum absolute atomic E-state index is 0.00549. The van der Waals surface area contributed by atoms with Crippen molar-refractivity contribution in [1.29, 1.82) is 0 Å². The number of hydrogen-bond acceptors (Lipinski definition) is 3. The van der Waals surface area contributed by atoms with Gasteiger partial charge in [0, 0.05) is 38.2 Å². The van der Waals surface area contributed by atoms with Gasteiger partial charge in [0.2, 0.25) is 11.8 Å². The highest BCUT2D eigenvalue weighted by molar-refractivity contribution is 5.83. The van der Waals surface area contributed by atoms with Gasteiger partial charge in [-0.2, -0.15) is 5.10 Å². The Balaban J connectivity index is 1.51. The van der Waals surface area contributed by atoms with Crippen molar-refractivity contribution in [2.75, 3.05) is 6.54 Å². The second-order valence-corrected chi connectivity index (χ2v) is 6.03. The molecule has 1 heterocycles. The number of aromatic nitrogens is 2. The fraction of sp³-hybridized carbons (Fsp3) is 0.688. The van der Waals surface area contributed by atoms with Gasteiger partial charge in [-0.1, -0.05) is 12.8 Å². The molecular formula is C16H26N4O2. The van der Waals surface area contributed by atoms with Crippen molar-refractivity contribution in [3.8, 4) is 0 Å². The van der Waals surface area contributed by atoms with Crippen LogP contribution in [0.25, 0.3) is 0 Å². The van der Waals surface area contributed by atoms with E-state index in [4.69, 9.17) is 0 Å². The van der Waals surface area contributed by atoms with Gasteiger partial charge in [0.15, 0.2) is 0 Å². The number of rotatable bonds is 8. The van der Waals surface area contributed by atoms with Crippen molar-refractivity contribution in [2.24, 2.45) is 0 Å². The Labute approximate surface area is 131 Å². The van der Waals surface area contributed by atoms with Crippen LogP contribution in [0.15, 0.2) is 12.4 Å². The number of nitrogens with one attached hydrogen (secondary N) is 2. The summed E-state index contributed by atoms with van der Waals surface area (Å²) >= 11 is 0. The maximum absolute atomic E-state index is 11.7. The first-order valence-electron chi connectivity index (χ1n) is 8.18. The Morgan fingerprint density at radius 2 is 2.00 bits per heavy atom. The number of nitrogens with zero attached hydrogens (tertiary/aromatic N) is 2. The van der Waals surface area contributed by atoms with Crippen LogP contribution in [-0.2, 0) is 16.1 Å². The van der Waals surface area contributed by atoms with Gasteiger partial charge in [-0.05, 0) is 31.7 Å². The average molecular weight is 306 g/mol. The molecule has 6 heteroatoms. The third-order valence-electron chi connectivity index (χ3n) is 3.95. The molecule has 1 aliphatic carbocycles. The quantitative estimate of drug-likeness (QED) is 0.715. The minimum atomic E-state index is -0.0572. The molecule has 1 fully saturated rings. The molecule has 0 bridgehead atoms. The zero-order chi connectivity index (χ0) is 15.8. The van der Waals surface area contributed by atoms with E-state index in [0.29, 0.717) is 12.6 Å². The second kappa shape index (κ2) is 8.56.